The molecule has 0 N–H and O–H groups in total. The number of benzene rings is 1. The zero-order valence-corrected chi connectivity index (χ0v) is 10.4. The minimum Gasteiger partial charge on any atom is -0.205 e. The number of rotatable bonds is 4. The van der Waals surface area contributed by atoms with Crippen LogP contribution in [-0.4, -0.2) is 8.80 Å². The second-order valence-corrected chi connectivity index (χ2v) is 7.13. The quantitative estimate of drug-likeness (QED) is 0.680. The molecule has 0 atom stereocenters. The predicted octanol–water partition coefficient (Wildman–Crippen LogP) is 4.17. The summed E-state index contributed by atoms with van der Waals surface area (Å²) in [6.07, 6.45) is 2.19. The Hall–Kier alpha value is -0.343. The third kappa shape index (κ3) is 3.80. The maximum atomic E-state index is 12.8. The second kappa shape index (κ2) is 5.52. The first kappa shape index (κ1) is 11.7. The Kier molecular flexibility index (Phi) is 4.62. The summed E-state index contributed by atoms with van der Waals surface area (Å²) in [6.45, 7) is 4.62. The molecule has 0 spiro atoms. The third-order valence-electron chi connectivity index (χ3n) is 2.13. The zero-order chi connectivity index (χ0) is 10.6. The summed E-state index contributed by atoms with van der Waals surface area (Å²) in [7, 11) is -0.129. The van der Waals surface area contributed by atoms with E-state index in [0.29, 0.717) is 0 Å². The highest BCUT2D eigenvalue weighted by Gasteiger charge is 2.01. The van der Waals surface area contributed by atoms with Crippen LogP contribution in [0.2, 0.25) is 24.2 Å². The molecule has 0 aromatic heterocycles. The third-order valence-corrected chi connectivity index (χ3v) is 3.77. The van der Waals surface area contributed by atoms with Crippen LogP contribution in [0, 0.1) is 5.82 Å². The van der Waals surface area contributed by atoms with Crippen molar-refractivity contribution in [2.45, 2.75) is 32.0 Å². The molecule has 0 heterocycles. The Labute approximate surface area is 91.7 Å². The first-order chi connectivity index (χ1) is 6.59. The van der Waals surface area contributed by atoms with E-state index in [-0.39, 0.29) is 19.6 Å². The molecule has 0 amide bonds. The lowest BCUT2D eigenvalue weighted by molar-refractivity contribution is 0.627. The van der Waals surface area contributed by atoms with Gasteiger partial charge in [0.25, 0.3) is 0 Å². The molecule has 1 rings (SSSR count). The summed E-state index contributed by atoms with van der Waals surface area (Å²) < 4.78 is 12.8. The van der Waals surface area contributed by atoms with E-state index in [9.17, 15) is 4.39 Å². The molecule has 0 aliphatic heterocycles. The van der Waals surface area contributed by atoms with Crippen molar-refractivity contribution in [1.29, 1.82) is 0 Å². The Morgan fingerprint density at radius 3 is 2.64 bits per heavy atom. The van der Waals surface area contributed by atoms with E-state index in [1.807, 2.05) is 6.07 Å². The Bertz CT molecular complexity index is 299. The molecular formula is C11H15ClFSi. The van der Waals surface area contributed by atoms with Crippen LogP contribution in [-0.2, 0) is 6.42 Å². The van der Waals surface area contributed by atoms with Gasteiger partial charge in [-0.15, -0.1) is 0 Å². The smallest absolute Gasteiger partial charge is 0.141 e. The van der Waals surface area contributed by atoms with Gasteiger partial charge in [-0.2, -0.15) is 0 Å². The van der Waals surface area contributed by atoms with Crippen LogP contribution in [0.5, 0.6) is 0 Å². The van der Waals surface area contributed by atoms with Crippen molar-refractivity contribution in [1.82, 2.24) is 0 Å². The fourth-order valence-corrected chi connectivity index (χ4v) is 2.43. The normalized spacial score (nSPS) is 10.9. The van der Waals surface area contributed by atoms with E-state index >= 15 is 0 Å². The Morgan fingerprint density at radius 1 is 1.36 bits per heavy atom. The minimum absolute atomic E-state index is 0.129. The van der Waals surface area contributed by atoms with E-state index in [4.69, 9.17) is 11.6 Å². The summed E-state index contributed by atoms with van der Waals surface area (Å²) in [5, 5.41) is 0.237. The van der Waals surface area contributed by atoms with Gasteiger partial charge < -0.3 is 0 Å². The lowest BCUT2D eigenvalue weighted by atomic mass is 10.1. The molecule has 3 heteroatoms. The van der Waals surface area contributed by atoms with Crippen molar-refractivity contribution in [3.05, 3.63) is 34.6 Å². The number of halogens is 2. The first-order valence-electron chi connectivity index (χ1n) is 4.82. The second-order valence-electron chi connectivity index (χ2n) is 3.81. The molecule has 1 aromatic carbocycles. The fraction of sp³-hybridized carbons (Fsp3) is 0.455. The molecule has 0 aliphatic rings. The molecule has 0 saturated heterocycles. The van der Waals surface area contributed by atoms with Crippen molar-refractivity contribution in [2.75, 3.05) is 0 Å². The molecule has 0 saturated carbocycles. The largest absolute Gasteiger partial charge is 0.205 e. The van der Waals surface area contributed by atoms with Crippen molar-refractivity contribution in [2.24, 2.45) is 0 Å². The standard InChI is InChI=1S/C11H15ClFSi/c1-14(2)7-3-4-9-5-6-11(13)10(12)8-9/h5-6,8H,3-4,7H2,1-2H3. The van der Waals surface area contributed by atoms with Crippen LogP contribution >= 0.6 is 11.6 Å². The van der Waals surface area contributed by atoms with Gasteiger partial charge in [-0.05, 0) is 24.1 Å². The Morgan fingerprint density at radius 2 is 2.07 bits per heavy atom. The van der Waals surface area contributed by atoms with Crippen LogP contribution in [0.15, 0.2) is 18.2 Å². The molecule has 0 aliphatic carbocycles. The molecule has 0 bridgehead atoms. The summed E-state index contributed by atoms with van der Waals surface area (Å²) >= 11 is 5.69. The lowest BCUT2D eigenvalue weighted by Crippen LogP contribution is -1.99. The monoisotopic (exact) mass is 229 g/mol. The average Bonchev–Trinajstić information content (AvgIpc) is 2.10. The topological polar surface area (TPSA) is 0 Å². The Balaban J connectivity index is 2.47. The molecule has 0 fully saturated rings. The number of hydrogen-bond donors (Lipinski definition) is 0. The molecular weight excluding hydrogens is 215 g/mol. The first-order valence-corrected chi connectivity index (χ1v) is 7.91. The fourth-order valence-electron chi connectivity index (χ4n) is 1.34. The van der Waals surface area contributed by atoms with Gasteiger partial charge in [-0.25, -0.2) is 4.39 Å². The van der Waals surface area contributed by atoms with Gasteiger partial charge in [0.05, 0.1) is 5.02 Å². The van der Waals surface area contributed by atoms with Gasteiger partial charge >= 0.3 is 0 Å². The van der Waals surface area contributed by atoms with Gasteiger partial charge in [0.2, 0.25) is 0 Å². The van der Waals surface area contributed by atoms with E-state index in [1.54, 1.807) is 6.07 Å². The van der Waals surface area contributed by atoms with Crippen LogP contribution in [0.3, 0.4) is 0 Å². The van der Waals surface area contributed by atoms with Crippen molar-refractivity contribution >= 4 is 20.4 Å². The van der Waals surface area contributed by atoms with Crippen molar-refractivity contribution in [3.63, 3.8) is 0 Å². The van der Waals surface area contributed by atoms with Gasteiger partial charge in [-0.3, -0.25) is 0 Å². The van der Waals surface area contributed by atoms with Crippen LogP contribution in [0.1, 0.15) is 12.0 Å². The summed E-state index contributed by atoms with van der Waals surface area (Å²) in [4.78, 5) is 0. The molecule has 14 heavy (non-hydrogen) atoms. The average molecular weight is 230 g/mol. The van der Waals surface area contributed by atoms with Gasteiger partial charge in [0.15, 0.2) is 0 Å². The van der Waals surface area contributed by atoms with E-state index < -0.39 is 0 Å². The van der Waals surface area contributed by atoms with E-state index in [2.05, 4.69) is 13.1 Å². The molecule has 0 nitrogen and oxygen atoms in total. The lowest BCUT2D eigenvalue weighted by Gasteiger charge is -2.04. The van der Waals surface area contributed by atoms with Crippen LogP contribution < -0.4 is 0 Å². The highest BCUT2D eigenvalue weighted by atomic mass is 35.5. The van der Waals surface area contributed by atoms with Crippen molar-refractivity contribution in [3.8, 4) is 0 Å². The van der Waals surface area contributed by atoms with Crippen molar-refractivity contribution < 1.29 is 4.39 Å². The SMILES string of the molecule is C[Si](C)CCCc1ccc(F)c(Cl)c1. The van der Waals surface area contributed by atoms with Gasteiger partial charge in [0, 0.05) is 8.80 Å². The van der Waals surface area contributed by atoms with Crippen LogP contribution in [0.4, 0.5) is 4.39 Å². The molecule has 0 unspecified atom stereocenters. The summed E-state index contributed by atoms with van der Waals surface area (Å²) in [6, 6.07) is 6.30. The van der Waals surface area contributed by atoms with Gasteiger partial charge in [-0.1, -0.05) is 43.2 Å². The molecule has 77 valence electrons. The number of hydrogen-bond acceptors (Lipinski definition) is 0. The maximum Gasteiger partial charge on any atom is 0.141 e. The molecule has 1 aromatic rings. The van der Waals surface area contributed by atoms with E-state index in [0.717, 1.165) is 12.0 Å². The highest BCUT2D eigenvalue weighted by Crippen LogP contribution is 2.17. The molecule has 1 radical (unpaired) electrons. The van der Waals surface area contributed by atoms with Crippen LogP contribution in [0.25, 0.3) is 0 Å². The van der Waals surface area contributed by atoms with Gasteiger partial charge in [0.1, 0.15) is 5.82 Å². The summed E-state index contributed by atoms with van der Waals surface area (Å²) in [5.74, 6) is -0.328. The number of aryl methyl sites for hydroxylation is 1. The highest BCUT2D eigenvalue weighted by molar-refractivity contribution is 6.55. The predicted molar refractivity (Wildman–Crippen MR) is 62.0 cm³/mol. The zero-order valence-electron chi connectivity index (χ0n) is 8.61. The minimum atomic E-state index is -0.328. The maximum absolute atomic E-state index is 12.8. The summed E-state index contributed by atoms with van der Waals surface area (Å²) in [5.41, 5.74) is 1.14. The van der Waals surface area contributed by atoms with E-state index in [1.165, 1.54) is 18.5 Å².